The van der Waals surface area contributed by atoms with Crippen LogP contribution in [0.25, 0.3) is 0 Å². The number of hydrogen-bond acceptors (Lipinski definition) is 1. The number of likely N-dealkylation sites (tertiary alicyclic amines) is 1. The van der Waals surface area contributed by atoms with Gasteiger partial charge in [0.15, 0.2) is 0 Å². The van der Waals surface area contributed by atoms with E-state index >= 15 is 0 Å². The zero-order chi connectivity index (χ0) is 13.9. The van der Waals surface area contributed by atoms with Gasteiger partial charge in [-0.2, -0.15) is 0 Å². The SMILES string of the molecule is CC(c1ccccc1)N1CCC(c2cccc(Br)c2)C1. The summed E-state index contributed by atoms with van der Waals surface area (Å²) in [5, 5.41) is 0. The largest absolute Gasteiger partial charge is 0.296 e. The fourth-order valence-corrected chi connectivity index (χ4v) is 3.53. The summed E-state index contributed by atoms with van der Waals surface area (Å²) in [4.78, 5) is 2.60. The number of benzene rings is 2. The summed E-state index contributed by atoms with van der Waals surface area (Å²) < 4.78 is 1.18. The predicted molar refractivity (Wildman–Crippen MR) is 87.9 cm³/mol. The highest BCUT2D eigenvalue weighted by atomic mass is 79.9. The lowest BCUT2D eigenvalue weighted by atomic mass is 9.98. The second-order valence-electron chi connectivity index (χ2n) is 5.62. The van der Waals surface area contributed by atoms with E-state index < -0.39 is 0 Å². The minimum Gasteiger partial charge on any atom is -0.296 e. The molecule has 1 fully saturated rings. The smallest absolute Gasteiger partial charge is 0.0320 e. The van der Waals surface area contributed by atoms with Gasteiger partial charge >= 0.3 is 0 Å². The molecule has 1 saturated heterocycles. The summed E-state index contributed by atoms with van der Waals surface area (Å²) in [6.07, 6.45) is 1.26. The van der Waals surface area contributed by atoms with Crippen molar-refractivity contribution < 1.29 is 0 Å². The van der Waals surface area contributed by atoms with E-state index in [0.717, 1.165) is 6.54 Å². The monoisotopic (exact) mass is 329 g/mol. The summed E-state index contributed by atoms with van der Waals surface area (Å²) in [5.74, 6) is 0.665. The Labute approximate surface area is 129 Å². The molecule has 2 atom stereocenters. The number of nitrogens with zero attached hydrogens (tertiary/aromatic N) is 1. The van der Waals surface area contributed by atoms with Crippen LogP contribution in [0.1, 0.15) is 36.4 Å². The van der Waals surface area contributed by atoms with Gasteiger partial charge in [-0.1, -0.05) is 58.4 Å². The molecule has 2 aromatic rings. The van der Waals surface area contributed by atoms with Crippen molar-refractivity contribution in [1.82, 2.24) is 4.90 Å². The van der Waals surface area contributed by atoms with E-state index in [1.165, 1.54) is 28.6 Å². The summed E-state index contributed by atoms with van der Waals surface area (Å²) in [5.41, 5.74) is 2.88. The molecule has 2 aromatic carbocycles. The zero-order valence-electron chi connectivity index (χ0n) is 11.8. The van der Waals surface area contributed by atoms with Gasteiger partial charge in [-0.05, 0) is 49.1 Å². The Morgan fingerprint density at radius 2 is 1.90 bits per heavy atom. The van der Waals surface area contributed by atoms with Crippen LogP contribution in [0.2, 0.25) is 0 Å². The molecule has 0 saturated carbocycles. The molecule has 0 N–H and O–H groups in total. The second-order valence-corrected chi connectivity index (χ2v) is 6.54. The summed E-state index contributed by atoms with van der Waals surface area (Å²) in [7, 11) is 0. The van der Waals surface area contributed by atoms with Crippen LogP contribution in [0.3, 0.4) is 0 Å². The molecule has 0 bridgehead atoms. The van der Waals surface area contributed by atoms with E-state index in [-0.39, 0.29) is 0 Å². The van der Waals surface area contributed by atoms with Crippen LogP contribution in [-0.4, -0.2) is 18.0 Å². The van der Waals surface area contributed by atoms with Crippen molar-refractivity contribution in [2.24, 2.45) is 0 Å². The first-order valence-corrected chi connectivity index (χ1v) is 8.08. The molecule has 1 heterocycles. The minimum absolute atomic E-state index is 0.508. The molecule has 0 spiro atoms. The maximum absolute atomic E-state index is 3.58. The van der Waals surface area contributed by atoms with Gasteiger partial charge < -0.3 is 0 Å². The van der Waals surface area contributed by atoms with Crippen LogP contribution in [0.15, 0.2) is 59.1 Å². The van der Waals surface area contributed by atoms with Crippen LogP contribution in [0.4, 0.5) is 0 Å². The summed E-state index contributed by atoms with van der Waals surface area (Å²) in [6.45, 7) is 4.67. The van der Waals surface area contributed by atoms with Crippen molar-refractivity contribution in [3.05, 3.63) is 70.2 Å². The Morgan fingerprint density at radius 3 is 2.65 bits per heavy atom. The van der Waals surface area contributed by atoms with E-state index in [1.54, 1.807) is 0 Å². The molecule has 0 radical (unpaired) electrons. The minimum atomic E-state index is 0.508. The quantitative estimate of drug-likeness (QED) is 0.765. The second kappa shape index (κ2) is 6.11. The number of rotatable bonds is 3. The highest BCUT2D eigenvalue weighted by Gasteiger charge is 2.27. The molecule has 2 unspecified atom stereocenters. The third kappa shape index (κ3) is 2.97. The van der Waals surface area contributed by atoms with Gasteiger partial charge in [-0.15, -0.1) is 0 Å². The Morgan fingerprint density at radius 1 is 1.10 bits per heavy atom. The lowest BCUT2D eigenvalue weighted by molar-refractivity contribution is 0.260. The molecule has 0 amide bonds. The van der Waals surface area contributed by atoms with Gasteiger partial charge in [0.25, 0.3) is 0 Å². The Bertz CT molecular complexity index is 567. The lowest BCUT2D eigenvalue weighted by Crippen LogP contribution is -2.24. The first-order valence-electron chi connectivity index (χ1n) is 7.28. The van der Waals surface area contributed by atoms with E-state index in [4.69, 9.17) is 0 Å². The first-order chi connectivity index (χ1) is 9.74. The topological polar surface area (TPSA) is 3.24 Å². The fraction of sp³-hybridized carbons (Fsp3) is 0.333. The average molecular weight is 330 g/mol. The molecule has 0 aromatic heterocycles. The van der Waals surface area contributed by atoms with Crippen LogP contribution < -0.4 is 0 Å². The fourth-order valence-electron chi connectivity index (χ4n) is 3.11. The summed E-state index contributed by atoms with van der Waals surface area (Å²) >= 11 is 3.58. The van der Waals surface area contributed by atoms with Crippen LogP contribution in [0, 0.1) is 0 Å². The van der Waals surface area contributed by atoms with Crippen molar-refractivity contribution in [1.29, 1.82) is 0 Å². The molecular weight excluding hydrogens is 310 g/mol. The van der Waals surface area contributed by atoms with Crippen molar-refractivity contribution in [3.63, 3.8) is 0 Å². The number of hydrogen-bond donors (Lipinski definition) is 0. The highest BCUT2D eigenvalue weighted by molar-refractivity contribution is 9.10. The Kier molecular flexibility index (Phi) is 4.23. The van der Waals surface area contributed by atoms with Gasteiger partial charge in [0.2, 0.25) is 0 Å². The van der Waals surface area contributed by atoms with Crippen molar-refractivity contribution >= 4 is 15.9 Å². The van der Waals surface area contributed by atoms with Crippen molar-refractivity contribution in [2.45, 2.75) is 25.3 Å². The first kappa shape index (κ1) is 13.8. The third-order valence-corrected chi connectivity index (χ3v) is 4.86. The molecule has 3 rings (SSSR count). The molecule has 1 nitrogen and oxygen atoms in total. The predicted octanol–water partition coefficient (Wildman–Crippen LogP) is 5.00. The van der Waals surface area contributed by atoms with Crippen molar-refractivity contribution in [3.8, 4) is 0 Å². The zero-order valence-corrected chi connectivity index (χ0v) is 13.4. The van der Waals surface area contributed by atoms with Gasteiger partial charge in [0.05, 0.1) is 0 Å². The molecule has 0 aliphatic carbocycles. The molecule has 1 aliphatic heterocycles. The maximum atomic E-state index is 3.58. The van der Waals surface area contributed by atoms with E-state index in [9.17, 15) is 0 Å². The van der Waals surface area contributed by atoms with Crippen molar-refractivity contribution in [2.75, 3.05) is 13.1 Å². The molecule has 20 heavy (non-hydrogen) atoms. The molecule has 2 heteroatoms. The maximum Gasteiger partial charge on any atom is 0.0320 e. The standard InChI is InChI=1S/C18H20BrN/c1-14(15-6-3-2-4-7-15)20-11-10-17(13-20)16-8-5-9-18(19)12-16/h2-9,12,14,17H,10-11,13H2,1H3. The van der Waals surface area contributed by atoms with Crippen LogP contribution in [-0.2, 0) is 0 Å². The van der Waals surface area contributed by atoms with Gasteiger partial charge in [-0.3, -0.25) is 4.90 Å². The van der Waals surface area contributed by atoms with E-state index in [1.807, 2.05) is 0 Å². The van der Waals surface area contributed by atoms with E-state index in [2.05, 4.69) is 82.4 Å². The number of halogens is 1. The molecule has 104 valence electrons. The Hall–Kier alpha value is -1.12. The van der Waals surface area contributed by atoms with Crippen LogP contribution >= 0.6 is 15.9 Å². The molecular formula is C18H20BrN. The Balaban J connectivity index is 1.71. The van der Waals surface area contributed by atoms with Gasteiger partial charge in [0.1, 0.15) is 0 Å². The average Bonchev–Trinajstić information content (AvgIpc) is 2.97. The van der Waals surface area contributed by atoms with E-state index in [0.29, 0.717) is 12.0 Å². The highest BCUT2D eigenvalue weighted by Crippen LogP contribution is 2.33. The van der Waals surface area contributed by atoms with Gasteiger partial charge in [-0.25, -0.2) is 0 Å². The summed E-state index contributed by atoms with van der Waals surface area (Å²) in [6, 6.07) is 20.1. The lowest BCUT2D eigenvalue weighted by Gasteiger charge is -2.24. The van der Waals surface area contributed by atoms with Gasteiger partial charge in [0, 0.05) is 17.1 Å². The normalized spacial score (nSPS) is 21.0. The molecule has 1 aliphatic rings. The van der Waals surface area contributed by atoms with Crippen LogP contribution in [0.5, 0.6) is 0 Å². The third-order valence-electron chi connectivity index (χ3n) is 4.37.